The van der Waals surface area contributed by atoms with Crippen molar-refractivity contribution in [2.75, 3.05) is 31.1 Å². The Morgan fingerprint density at radius 1 is 0.895 bits per heavy atom. The molecular formula is C28H28N8O2. The molecule has 10 heteroatoms. The first-order valence-corrected chi connectivity index (χ1v) is 12.8. The molecule has 38 heavy (non-hydrogen) atoms. The Morgan fingerprint density at radius 3 is 2.39 bits per heavy atom. The predicted molar refractivity (Wildman–Crippen MR) is 144 cm³/mol. The van der Waals surface area contributed by atoms with Gasteiger partial charge in [0.05, 0.1) is 17.4 Å². The van der Waals surface area contributed by atoms with E-state index in [0.717, 1.165) is 16.6 Å². The third-order valence-electron chi connectivity index (χ3n) is 7.07. The van der Waals surface area contributed by atoms with E-state index < -0.39 is 0 Å². The summed E-state index contributed by atoms with van der Waals surface area (Å²) in [5.41, 5.74) is 2.81. The second-order valence-corrected chi connectivity index (χ2v) is 9.56. The zero-order valence-electron chi connectivity index (χ0n) is 21.2. The van der Waals surface area contributed by atoms with E-state index in [4.69, 9.17) is 0 Å². The van der Waals surface area contributed by atoms with Crippen molar-refractivity contribution in [3.05, 3.63) is 94.3 Å². The average Bonchev–Trinajstić information content (AvgIpc) is 3.39. The van der Waals surface area contributed by atoms with Gasteiger partial charge in [0, 0.05) is 51.4 Å². The normalized spacial score (nSPS) is 13.9. The van der Waals surface area contributed by atoms with Crippen LogP contribution in [0.3, 0.4) is 0 Å². The predicted octanol–water partition coefficient (Wildman–Crippen LogP) is 2.47. The summed E-state index contributed by atoms with van der Waals surface area (Å²) in [6.45, 7) is 5.06. The largest absolute Gasteiger partial charge is 0.339 e. The third kappa shape index (κ3) is 4.49. The molecule has 1 fully saturated rings. The summed E-state index contributed by atoms with van der Waals surface area (Å²) in [6.07, 6.45) is 4.20. The highest BCUT2D eigenvalue weighted by atomic mass is 16.2. The van der Waals surface area contributed by atoms with E-state index >= 15 is 0 Å². The molecule has 1 amide bonds. The molecule has 2 aromatic carbocycles. The van der Waals surface area contributed by atoms with Crippen LogP contribution in [0.2, 0.25) is 0 Å². The highest BCUT2D eigenvalue weighted by Gasteiger charge is 2.23. The van der Waals surface area contributed by atoms with Gasteiger partial charge in [0.1, 0.15) is 5.82 Å². The molecule has 4 heterocycles. The fraction of sp³-hybridized carbons (Fsp3) is 0.286. The molecule has 0 spiro atoms. The van der Waals surface area contributed by atoms with Gasteiger partial charge in [-0.3, -0.25) is 18.6 Å². The molecule has 0 bridgehead atoms. The van der Waals surface area contributed by atoms with E-state index in [1.807, 2.05) is 64.8 Å². The van der Waals surface area contributed by atoms with Gasteiger partial charge in [-0.15, -0.1) is 10.2 Å². The van der Waals surface area contributed by atoms with Crippen LogP contribution in [-0.4, -0.2) is 66.1 Å². The van der Waals surface area contributed by atoms with Gasteiger partial charge in [0.25, 0.3) is 5.56 Å². The van der Waals surface area contributed by atoms with Crippen molar-refractivity contribution in [3.63, 3.8) is 0 Å². The van der Waals surface area contributed by atoms with E-state index in [0.29, 0.717) is 68.5 Å². The fourth-order valence-corrected chi connectivity index (χ4v) is 4.98. The molecule has 0 atom stereocenters. The van der Waals surface area contributed by atoms with Gasteiger partial charge in [-0.2, -0.15) is 0 Å². The number of fused-ring (bicyclic) bond motifs is 3. The number of anilines is 1. The van der Waals surface area contributed by atoms with Crippen molar-refractivity contribution < 1.29 is 4.79 Å². The Bertz CT molecular complexity index is 1650. The molecule has 0 radical (unpaired) electrons. The van der Waals surface area contributed by atoms with Crippen LogP contribution in [0.25, 0.3) is 16.7 Å². The maximum atomic E-state index is 13.4. The van der Waals surface area contributed by atoms with Crippen LogP contribution in [-0.2, 0) is 17.8 Å². The van der Waals surface area contributed by atoms with E-state index in [9.17, 15) is 9.59 Å². The highest BCUT2D eigenvalue weighted by molar-refractivity contribution is 5.80. The second kappa shape index (κ2) is 10.0. The summed E-state index contributed by atoms with van der Waals surface area (Å²) in [5.74, 6) is 1.91. The Morgan fingerprint density at radius 2 is 1.63 bits per heavy atom. The maximum absolute atomic E-state index is 13.4. The molecule has 6 rings (SSSR count). The standard InChI is InChI=1S/C28H28N8O2/c1-20-7-9-21(10-8-20)19-35-26(38)22-5-2-3-6-23(22)36-24(31-32-28(35)36)11-12-25(37)33-15-17-34(18-16-33)27-29-13-4-14-30-27/h2-10,13-14H,11-12,15-19H2,1H3. The smallest absolute Gasteiger partial charge is 0.263 e. The summed E-state index contributed by atoms with van der Waals surface area (Å²) >= 11 is 0. The number of para-hydroxylation sites is 1. The highest BCUT2D eigenvalue weighted by Crippen LogP contribution is 2.18. The van der Waals surface area contributed by atoms with Gasteiger partial charge in [-0.25, -0.2) is 9.97 Å². The van der Waals surface area contributed by atoms with E-state index in [2.05, 4.69) is 25.1 Å². The number of piperazine rings is 1. The van der Waals surface area contributed by atoms with E-state index in [1.54, 1.807) is 23.0 Å². The van der Waals surface area contributed by atoms with Crippen molar-refractivity contribution in [2.45, 2.75) is 26.3 Å². The topological polar surface area (TPSA) is 102 Å². The molecule has 3 aromatic heterocycles. The number of aryl methyl sites for hydroxylation is 2. The molecule has 1 saturated heterocycles. The number of hydrogen-bond donors (Lipinski definition) is 0. The number of nitrogens with zero attached hydrogens (tertiary/aromatic N) is 8. The summed E-state index contributed by atoms with van der Waals surface area (Å²) in [6, 6.07) is 17.4. The summed E-state index contributed by atoms with van der Waals surface area (Å²) < 4.78 is 3.58. The quantitative estimate of drug-likeness (QED) is 0.347. The van der Waals surface area contributed by atoms with Gasteiger partial charge < -0.3 is 9.80 Å². The first kappa shape index (κ1) is 23.8. The number of carbonyl (C=O) groups excluding carboxylic acids is 1. The number of benzene rings is 2. The number of amides is 1. The Kier molecular flexibility index (Phi) is 6.28. The number of hydrogen-bond acceptors (Lipinski definition) is 7. The Hall–Kier alpha value is -4.60. The lowest BCUT2D eigenvalue weighted by atomic mass is 10.1. The van der Waals surface area contributed by atoms with Crippen molar-refractivity contribution in [1.82, 2.24) is 34.0 Å². The van der Waals surface area contributed by atoms with Crippen LogP contribution >= 0.6 is 0 Å². The first-order valence-electron chi connectivity index (χ1n) is 12.8. The zero-order chi connectivity index (χ0) is 26.1. The van der Waals surface area contributed by atoms with Gasteiger partial charge in [-0.1, -0.05) is 42.0 Å². The van der Waals surface area contributed by atoms with Crippen LogP contribution in [0.15, 0.2) is 71.8 Å². The van der Waals surface area contributed by atoms with Crippen LogP contribution < -0.4 is 10.5 Å². The molecule has 0 aliphatic carbocycles. The fourth-order valence-electron chi connectivity index (χ4n) is 4.98. The van der Waals surface area contributed by atoms with Gasteiger partial charge in [-0.05, 0) is 30.7 Å². The Labute approximate surface area is 219 Å². The molecule has 192 valence electrons. The van der Waals surface area contributed by atoms with Crippen LogP contribution in [0.5, 0.6) is 0 Å². The monoisotopic (exact) mass is 508 g/mol. The minimum absolute atomic E-state index is 0.0765. The van der Waals surface area contributed by atoms with Gasteiger partial charge in [0.2, 0.25) is 17.6 Å². The molecule has 1 aliphatic heterocycles. The molecule has 0 saturated carbocycles. The van der Waals surface area contributed by atoms with Crippen LogP contribution in [0, 0.1) is 6.92 Å². The zero-order valence-corrected chi connectivity index (χ0v) is 21.2. The van der Waals surface area contributed by atoms with Crippen molar-refractivity contribution in [1.29, 1.82) is 0 Å². The van der Waals surface area contributed by atoms with E-state index in [1.165, 1.54) is 0 Å². The lowest BCUT2D eigenvalue weighted by Crippen LogP contribution is -2.49. The van der Waals surface area contributed by atoms with Crippen molar-refractivity contribution in [3.8, 4) is 0 Å². The lowest BCUT2D eigenvalue weighted by Gasteiger charge is -2.34. The first-order chi connectivity index (χ1) is 18.6. The molecule has 0 unspecified atom stereocenters. The van der Waals surface area contributed by atoms with Gasteiger partial charge >= 0.3 is 0 Å². The average molecular weight is 509 g/mol. The number of rotatable bonds is 6. The number of aromatic nitrogens is 6. The number of carbonyl (C=O) groups is 1. The van der Waals surface area contributed by atoms with E-state index in [-0.39, 0.29) is 11.5 Å². The van der Waals surface area contributed by atoms with Crippen LogP contribution in [0.4, 0.5) is 5.95 Å². The summed E-state index contributed by atoms with van der Waals surface area (Å²) in [7, 11) is 0. The molecule has 1 aliphatic rings. The molecule has 0 N–H and O–H groups in total. The lowest BCUT2D eigenvalue weighted by molar-refractivity contribution is -0.131. The van der Waals surface area contributed by atoms with Crippen LogP contribution in [0.1, 0.15) is 23.4 Å². The molecular weight excluding hydrogens is 480 g/mol. The second-order valence-electron chi connectivity index (χ2n) is 9.56. The molecule has 5 aromatic rings. The van der Waals surface area contributed by atoms with Gasteiger partial charge in [0.15, 0.2) is 0 Å². The Balaban J connectivity index is 1.23. The minimum Gasteiger partial charge on any atom is -0.339 e. The summed E-state index contributed by atoms with van der Waals surface area (Å²) in [5, 5.41) is 9.43. The SMILES string of the molecule is Cc1ccc(Cn2c(=O)c3ccccc3n3c(CCC(=O)N4CCN(c5ncccn5)CC4)nnc23)cc1. The third-order valence-corrected chi connectivity index (χ3v) is 7.07. The maximum Gasteiger partial charge on any atom is 0.263 e. The molecule has 10 nitrogen and oxygen atoms in total. The minimum atomic E-state index is -0.107. The van der Waals surface area contributed by atoms with Crippen molar-refractivity contribution in [2.24, 2.45) is 0 Å². The summed E-state index contributed by atoms with van der Waals surface area (Å²) in [4.78, 5) is 39.1. The van der Waals surface area contributed by atoms with Crippen molar-refractivity contribution >= 4 is 28.5 Å².